The third-order valence-electron chi connectivity index (χ3n) is 3.92. The van der Waals surface area contributed by atoms with Crippen molar-refractivity contribution in [3.63, 3.8) is 0 Å². The number of nitrogens with one attached hydrogen (secondary N) is 1. The number of sulfonamides is 1. The van der Waals surface area contributed by atoms with E-state index in [4.69, 9.17) is 10.5 Å². The molecule has 0 aliphatic carbocycles. The van der Waals surface area contributed by atoms with Crippen molar-refractivity contribution in [2.75, 3.05) is 17.1 Å². The standard InChI is InChI=1S/C17H20N2O3S/c18-16-12-14(9-10-15(16)17-8-4-5-11-22-17)23(20,21)19-13-6-2-1-3-7-13/h1-3,6-7,9-10,12,17,19H,4-5,8,11,18H2. The van der Waals surface area contributed by atoms with E-state index in [1.807, 2.05) is 6.07 Å². The molecular weight excluding hydrogens is 312 g/mol. The monoisotopic (exact) mass is 332 g/mol. The first-order valence-corrected chi connectivity index (χ1v) is 9.13. The molecule has 1 heterocycles. The maximum atomic E-state index is 12.4. The van der Waals surface area contributed by atoms with Crippen LogP contribution in [-0.4, -0.2) is 15.0 Å². The van der Waals surface area contributed by atoms with Crippen LogP contribution in [0.25, 0.3) is 0 Å². The van der Waals surface area contributed by atoms with Crippen molar-refractivity contribution in [3.05, 3.63) is 54.1 Å². The summed E-state index contributed by atoms with van der Waals surface area (Å²) in [5.41, 5.74) is 7.91. The van der Waals surface area contributed by atoms with Crippen LogP contribution in [0.3, 0.4) is 0 Å². The minimum atomic E-state index is -3.65. The quantitative estimate of drug-likeness (QED) is 0.842. The fraction of sp³-hybridized carbons (Fsp3) is 0.294. The molecule has 1 aliphatic heterocycles. The number of nitrogens with two attached hydrogens (primary N) is 1. The van der Waals surface area contributed by atoms with Crippen molar-refractivity contribution in [1.82, 2.24) is 0 Å². The molecule has 1 fully saturated rings. The van der Waals surface area contributed by atoms with Gasteiger partial charge in [0.05, 0.1) is 11.0 Å². The number of nitrogen functional groups attached to an aromatic ring is 1. The minimum absolute atomic E-state index is 0.0393. The predicted molar refractivity (Wildman–Crippen MR) is 90.6 cm³/mol. The Labute approximate surface area is 136 Å². The van der Waals surface area contributed by atoms with Crippen molar-refractivity contribution < 1.29 is 13.2 Å². The molecule has 1 atom stereocenters. The summed E-state index contributed by atoms with van der Waals surface area (Å²) in [7, 11) is -3.65. The van der Waals surface area contributed by atoms with Gasteiger partial charge in [-0.2, -0.15) is 0 Å². The second-order valence-corrected chi connectivity index (χ2v) is 7.30. The van der Waals surface area contributed by atoms with Crippen LogP contribution in [0.2, 0.25) is 0 Å². The number of ether oxygens (including phenoxy) is 1. The van der Waals surface area contributed by atoms with E-state index < -0.39 is 10.0 Å². The highest BCUT2D eigenvalue weighted by molar-refractivity contribution is 7.92. The predicted octanol–water partition coefficient (Wildman–Crippen LogP) is 3.31. The lowest BCUT2D eigenvalue weighted by Crippen LogP contribution is -2.16. The topological polar surface area (TPSA) is 81.4 Å². The Morgan fingerprint density at radius 1 is 1.09 bits per heavy atom. The van der Waals surface area contributed by atoms with Crippen LogP contribution in [0.15, 0.2) is 53.4 Å². The van der Waals surface area contributed by atoms with E-state index >= 15 is 0 Å². The van der Waals surface area contributed by atoms with Gasteiger partial charge in [-0.3, -0.25) is 4.72 Å². The zero-order valence-electron chi connectivity index (χ0n) is 12.7. The third-order valence-corrected chi connectivity index (χ3v) is 5.30. The maximum absolute atomic E-state index is 12.4. The first kappa shape index (κ1) is 15.8. The van der Waals surface area contributed by atoms with Gasteiger partial charge in [-0.1, -0.05) is 24.3 Å². The number of benzene rings is 2. The molecule has 122 valence electrons. The molecule has 0 amide bonds. The summed E-state index contributed by atoms with van der Waals surface area (Å²) in [6, 6.07) is 13.6. The highest BCUT2D eigenvalue weighted by Crippen LogP contribution is 2.32. The van der Waals surface area contributed by atoms with E-state index in [0.29, 0.717) is 11.4 Å². The Kier molecular flexibility index (Phi) is 4.54. The van der Waals surface area contributed by atoms with Gasteiger partial charge in [0.15, 0.2) is 0 Å². The number of hydrogen-bond donors (Lipinski definition) is 2. The first-order valence-electron chi connectivity index (χ1n) is 7.65. The second-order valence-electron chi connectivity index (χ2n) is 5.62. The molecule has 2 aromatic carbocycles. The van der Waals surface area contributed by atoms with E-state index in [-0.39, 0.29) is 11.0 Å². The molecule has 23 heavy (non-hydrogen) atoms. The summed E-state index contributed by atoms with van der Waals surface area (Å²) in [5.74, 6) is 0. The molecule has 0 aromatic heterocycles. The van der Waals surface area contributed by atoms with Crippen LogP contribution < -0.4 is 10.5 Å². The summed E-state index contributed by atoms with van der Waals surface area (Å²) < 4.78 is 33.2. The molecule has 5 nitrogen and oxygen atoms in total. The van der Waals surface area contributed by atoms with Gasteiger partial charge in [0.1, 0.15) is 0 Å². The van der Waals surface area contributed by atoms with Gasteiger partial charge >= 0.3 is 0 Å². The van der Waals surface area contributed by atoms with Crippen molar-refractivity contribution in [2.24, 2.45) is 0 Å². The Hall–Kier alpha value is -2.05. The Morgan fingerprint density at radius 2 is 1.87 bits per heavy atom. The number of para-hydroxylation sites is 1. The summed E-state index contributed by atoms with van der Waals surface area (Å²) in [6.07, 6.45) is 3.03. The Bertz CT molecular complexity index is 770. The Morgan fingerprint density at radius 3 is 2.52 bits per heavy atom. The van der Waals surface area contributed by atoms with Crippen molar-refractivity contribution >= 4 is 21.4 Å². The zero-order valence-corrected chi connectivity index (χ0v) is 13.6. The van der Waals surface area contributed by atoms with Gasteiger partial charge in [0.25, 0.3) is 10.0 Å². The number of rotatable bonds is 4. The average Bonchev–Trinajstić information content (AvgIpc) is 2.56. The van der Waals surface area contributed by atoms with Crippen molar-refractivity contribution in [1.29, 1.82) is 0 Å². The van der Waals surface area contributed by atoms with Crippen LogP contribution in [0.1, 0.15) is 30.9 Å². The fourth-order valence-corrected chi connectivity index (χ4v) is 3.81. The molecule has 0 radical (unpaired) electrons. The molecule has 1 saturated heterocycles. The molecule has 0 bridgehead atoms. The molecule has 0 spiro atoms. The lowest BCUT2D eigenvalue weighted by molar-refractivity contribution is 0.0154. The molecule has 3 rings (SSSR count). The van der Waals surface area contributed by atoms with Crippen molar-refractivity contribution in [2.45, 2.75) is 30.3 Å². The summed E-state index contributed by atoms with van der Waals surface area (Å²) in [4.78, 5) is 0.151. The highest BCUT2D eigenvalue weighted by atomic mass is 32.2. The third kappa shape index (κ3) is 3.65. The molecule has 1 aliphatic rings. The SMILES string of the molecule is Nc1cc(S(=O)(=O)Nc2ccccc2)ccc1C1CCCCO1. The fourth-order valence-electron chi connectivity index (χ4n) is 2.72. The van der Waals surface area contributed by atoms with E-state index in [2.05, 4.69) is 4.72 Å². The normalized spacial score (nSPS) is 18.5. The zero-order chi connectivity index (χ0) is 16.3. The lowest BCUT2D eigenvalue weighted by Gasteiger charge is -2.24. The maximum Gasteiger partial charge on any atom is 0.261 e. The smallest absolute Gasteiger partial charge is 0.261 e. The largest absolute Gasteiger partial charge is 0.398 e. The summed E-state index contributed by atoms with van der Waals surface area (Å²) in [6.45, 7) is 0.722. The van der Waals surface area contributed by atoms with Gasteiger partial charge < -0.3 is 10.5 Å². The molecule has 2 aromatic rings. The van der Waals surface area contributed by atoms with Gasteiger partial charge in [-0.05, 0) is 43.5 Å². The first-order chi connectivity index (χ1) is 11.1. The molecule has 0 saturated carbocycles. The highest BCUT2D eigenvalue weighted by Gasteiger charge is 2.21. The van der Waals surface area contributed by atoms with Gasteiger partial charge in [-0.15, -0.1) is 0 Å². The molecule has 1 unspecified atom stereocenters. The number of anilines is 2. The van der Waals surface area contributed by atoms with Gasteiger partial charge in [0, 0.05) is 23.5 Å². The second kappa shape index (κ2) is 6.60. The minimum Gasteiger partial charge on any atom is -0.398 e. The lowest BCUT2D eigenvalue weighted by atomic mass is 10.00. The summed E-state index contributed by atoms with van der Waals surface area (Å²) >= 11 is 0. The van der Waals surface area contributed by atoms with Crippen LogP contribution >= 0.6 is 0 Å². The van der Waals surface area contributed by atoms with Crippen molar-refractivity contribution in [3.8, 4) is 0 Å². The van der Waals surface area contributed by atoms with E-state index in [9.17, 15) is 8.42 Å². The Balaban J connectivity index is 1.84. The van der Waals surface area contributed by atoms with E-state index in [0.717, 1.165) is 31.4 Å². The summed E-state index contributed by atoms with van der Waals surface area (Å²) in [5, 5.41) is 0. The van der Waals surface area contributed by atoms with Crippen LogP contribution in [-0.2, 0) is 14.8 Å². The van der Waals surface area contributed by atoms with Gasteiger partial charge in [0.2, 0.25) is 0 Å². The van der Waals surface area contributed by atoms with E-state index in [1.54, 1.807) is 36.4 Å². The molecule has 3 N–H and O–H groups in total. The molecule has 6 heteroatoms. The number of hydrogen-bond acceptors (Lipinski definition) is 4. The van der Waals surface area contributed by atoms with E-state index in [1.165, 1.54) is 6.07 Å². The molecular formula is C17H20N2O3S. The average molecular weight is 332 g/mol. The van der Waals surface area contributed by atoms with Crippen LogP contribution in [0.4, 0.5) is 11.4 Å². The van der Waals surface area contributed by atoms with Gasteiger partial charge in [-0.25, -0.2) is 8.42 Å². The van der Waals surface area contributed by atoms with Crippen LogP contribution in [0, 0.1) is 0 Å². The van der Waals surface area contributed by atoms with Crippen LogP contribution in [0.5, 0.6) is 0 Å².